The zero-order chi connectivity index (χ0) is 21.9. The smallest absolute Gasteiger partial charge is 0.273 e. The van der Waals surface area contributed by atoms with Crippen molar-refractivity contribution < 1.29 is 18.4 Å². The van der Waals surface area contributed by atoms with Crippen molar-refractivity contribution in [2.45, 2.75) is 38.7 Å². The molecule has 30 heavy (non-hydrogen) atoms. The van der Waals surface area contributed by atoms with Gasteiger partial charge in [-0.1, -0.05) is 17.7 Å². The Balaban J connectivity index is 1.86. The first-order valence-corrected chi connectivity index (χ1v) is 9.82. The Morgan fingerprint density at radius 1 is 1.30 bits per heavy atom. The molecule has 3 rings (SSSR count). The zero-order valence-electron chi connectivity index (χ0n) is 16.6. The first kappa shape index (κ1) is 21.9. The van der Waals surface area contributed by atoms with Crippen LogP contribution in [0.25, 0.3) is 0 Å². The number of hydrogen-bond acceptors (Lipinski definition) is 5. The molecule has 1 aliphatic heterocycles. The number of piperidine rings is 1. The molecular weight excluding hydrogens is 416 g/mol. The lowest BCUT2D eigenvalue weighted by Crippen LogP contribution is -2.55. The molecule has 0 aliphatic carbocycles. The van der Waals surface area contributed by atoms with Crippen LogP contribution in [0.4, 0.5) is 20.4 Å². The predicted molar refractivity (Wildman–Crippen MR) is 109 cm³/mol. The van der Waals surface area contributed by atoms with Crippen LogP contribution in [0.1, 0.15) is 35.8 Å². The molecule has 2 N–H and O–H groups in total. The molecule has 7 nitrogen and oxygen atoms in total. The Morgan fingerprint density at radius 2 is 2.07 bits per heavy atom. The maximum atomic E-state index is 14.1. The molecule has 10 heteroatoms. The van der Waals surface area contributed by atoms with Crippen molar-refractivity contribution in [1.29, 1.82) is 0 Å². The van der Waals surface area contributed by atoms with Crippen molar-refractivity contribution in [2.75, 3.05) is 18.4 Å². The summed E-state index contributed by atoms with van der Waals surface area (Å²) in [6, 6.07) is 6.02. The van der Waals surface area contributed by atoms with Crippen molar-refractivity contribution in [3.63, 3.8) is 0 Å². The number of amides is 2. The number of aromatic nitrogens is 2. The monoisotopic (exact) mass is 437 g/mol. The Kier molecular flexibility index (Phi) is 6.50. The van der Waals surface area contributed by atoms with E-state index in [0.717, 1.165) is 4.90 Å². The zero-order valence-corrected chi connectivity index (χ0v) is 17.3. The molecule has 0 radical (unpaired) electrons. The summed E-state index contributed by atoms with van der Waals surface area (Å²) < 4.78 is 28.1. The Hall–Kier alpha value is -2.81. The number of pyridine rings is 2. The Labute approximate surface area is 177 Å². The third-order valence-corrected chi connectivity index (χ3v) is 5.05. The van der Waals surface area contributed by atoms with Crippen molar-refractivity contribution >= 4 is 35.1 Å². The van der Waals surface area contributed by atoms with Gasteiger partial charge in [0.05, 0.1) is 6.54 Å². The van der Waals surface area contributed by atoms with E-state index in [2.05, 4.69) is 20.6 Å². The summed E-state index contributed by atoms with van der Waals surface area (Å²) in [5.74, 6) is -3.11. The van der Waals surface area contributed by atoms with Crippen LogP contribution in [0.3, 0.4) is 0 Å². The molecule has 0 spiro atoms. The van der Waals surface area contributed by atoms with Crippen LogP contribution in [-0.4, -0.2) is 51.7 Å². The third kappa shape index (κ3) is 5.41. The van der Waals surface area contributed by atoms with Crippen LogP contribution >= 0.6 is 11.6 Å². The first-order valence-electron chi connectivity index (χ1n) is 9.44. The van der Waals surface area contributed by atoms with E-state index < -0.39 is 24.4 Å². The Morgan fingerprint density at radius 3 is 2.77 bits per heavy atom. The molecule has 2 aromatic rings. The van der Waals surface area contributed by atoms with E-state index in [1.54, 1.807) is 31.2 Å². The number of hydrogen-bond donors (Lipinski definition) is 2. The van der Waals surface area contributed by atoms with E-state index >= 15 is 0 Å². The molecule has 1 aliphatic rings. The summed E-state index contributed by atoms with van der Waals surface area (Å²) in [6.07, 6.45) is 1.27. The number of aryl methyl sites for hydroxylation is 1. The van der Waals surface area contributed by atoms with Crippen LogP contribution in [0.5, 0.6) is 0 Å². The number of anilines is 2. The maximum Gasteiger partial charge on any atom is 0.273 e. The predicted octanol–water partition coefficient (Wildman–Crippen LogP) is 3.56. The lowest BCUT2D eigenvalue weighted by molar-refractivity contribution is -0.119. The van der Waals surface area contributed by atoms with Crippen LogP contribution in [-0.2, 0) is 4.79 Å². The fraction of sp³-hybridized carbons (Fsp3) is 0.400. The largest absolute Gasteiger partial charge is 0.354 e. The molecule has 1 atom stereocenters. The maximum absolute atomic E-state index is 14.1. The lowest BCUT2D eigenvalue weighted by Gasteiger charge is -2.39. The fourth-order valence-electron chi connectivity index (χ4n) is 3.26. The highest BCUT2D eigenvalue weighted by Crippen LogP contribution is 2.31. The quantitative estimate of drug-likeness (QED) is 0.746. The second-order valence-electron chi connectivity index (χ2n) is 7.26. The number of carbonyl (C=O) groups is 2. The highest BCUT2D eigenvalue weighted by Gasteiger charge is 2.42. The van der Waals surface area contributed by atoms with E-state index in [-0.39, 0.29) is 31.0 Å². The molecule has 3 heterocycles. The summed E-state index contributed by atoms with van der Waals surface area (Å²) in [5.41, 5.74) is 0.615. The van der Waals surface area contributed by atoms with Gasteiger partial charge in [0.15, 0.2) is 0 Å². The van der Waals surface area contributed by atoms with Crippen molar-refractivity contribution in [2.24, 2.45) is 0 Å². The van der Waals surface area contributed by atoms with E-state index in [4.69, 9.17) is 11.6 Å². The topological polar surface area (TPSA) is 87.2 Å². The van der Waals surface area contributed by atoms with Crippen molar-refractivity contribution in [1.82, 2.24) is 20.2 Å². The fourth-order valence-corrected chi connectivity index (χ4v) is 3.42. The van der Waals surface area contributed by atoms with Crippen LogP contribution in [0, 0.1) is 6.92 Å². The molecule has 2 aromatic heterocycles. The summed E-state index contributed by atoms with van der Waals surface area (Å²) in [7, 11) is 0. The number of alkyl halides is 2. The average molecular weight is 438 g/mol. The number of nitrogens with zero attached hydrogens (tertiary/aromatic N) is 3. The summed E-state index contributed by atoms with van der Waals surface area (Å²) in [6.45, 7) is 2.42. The summed E-state index contributed by atoms with van der Waals surface area (Å²) >= 11 is 5.95. The molecule has 1 fully saturated rings. The number of likely N-dealkylation sites (tertiary alicyclic amines) is 1. The van der Waals surface area contributed by atoms with Gasteiger partial charge in [0, 0.05) is 37.2 Å². The number of nitrogens with one attached hydrogen (secondary N) is 2. The Bertz CT molecular complexity index is 957. The second kappa shape index (κ2) is 8.91. The number of rotatable bonds is 5. The average Bonchev–Trinajstić information content (AvgIpc) is 2.67. The third-order valence-electron chi connectivity index (χ3n) is 4.81. The lowest BCUT2D eigenvalue weighted by atomic mass is 9.98. The minimum Gasteiger partial charge on any atom is -0.354 e. The molecule has 2 amide bonds. The van der Waals surface area contributed by atoms with E-state index in [9.17, 15) is 18.4 Å². The van der Waals surface area contributed by atoms with Gasteiger partial charge in [-0.3, -0.25) is 9.59 Å². The minimum atomic E-state index is -2.99. The first-order chi connectivity index (χ1) is 14.1. The van der Waals surface area contributed by atoms with Gasteiger partial charge in [0.1, 0.15) is 17.3 Å². The van der Waals surface area contributed by atoms with Crippen molar-refractivity contribution in [3.8, 4) is 0 Å². The van der Waals surface area contributed by atoms with Gasteiger partial charge in [-0.25, -0.2) is 18.7 Å². The van der Waals surface area contributed by atoms with Crippen LogP contribution in [0.2, 0.25) is 5.02 Å². The number of carbonyl (C=O) groups excluding carboxylic acids is 2. The van der Waals surface area contributed by atoms with E-state index in [1.165, 1.54) is 13.1 Å². The van der Waals surface area contributed by atoms with Gasteiger partial charge >= 0.3 is 0 Å². The van der Waals surface area contributed by atoms with Crippen LogP contribution < -0.4 is 10.6 Å². The normalized spacial score (nSPS) is 18.0. The molecule has 0 bridgehead atoms. The van der Waals surface area contributed by atoms with Crippen LogP contribution in [0.15, 0.2) is 30.5 Å². The minimum absolute atomic E-state index is 0.0625. The van der Waals surface area contributed by atoms with Gasteiger partial charge in [0.25, 0.3) is 11.8 Å². The standard InChI is InChI=1S/C20H22ClF2N5O2/c1-12-3-4-16(26-17-9-14(21)6-8-24-17)27-18(12)19(30)28-11-20(22,23)7-5-15(28)10-25-13(2)29/h3-4,6,8-9,15H,5,7,10-11H2,1-2H3,(H,25,29)(H,24,26,27)/t15-/m1/s1. The SMILES string of the molecule is CC(=O)NC[C@H]1CCC(F)(F)CN1C(=O)c1nc(Nc2cc(Cl)ccn2)ccc1C. The number of halogens is 3. The van der Waals surface area contributed by atoms with Gasteiger partial charge < -0.3 is 15.5 Å². The van der Waals surface area contributed by atoms with Gasteiger partial charge in [0.2, 0.25) is 5.91 Å². The highest BCUT2D eigenvalue weighted by molar-refractivity contribution is 6.30. The summed E-state index contributed by atoms with van der Waals surface area (Å²) in [4.78, 5) is 34.0. The molecular formula is C20H22ClF2N5O2. The van der Waals surface area contributed by atoms with Gasteiger partial charge in [-0.05, 0) is 37.1 Å². The molecule has 160 valence electrons. The molecule has 0 unspecified atom stereocenters. The van der Waals surface area contributed by atoms with E-state index in [0.29, 0.717) is 22.2 Å². The van der Waals surface area contributed by atoms with Crippen molar-refractivity contribution in [3.05, 3.63) is 46.7 Å². The van der Waals surface area contributed by atoms with Gasteiger partial charge in [-0.2, -0.15) is 0 Å². The second-order valence-corrected chi connectivity index (χ2v) is 7.70. The highest BCUT2D eigenvalue weighted by atomic mass is 35.5. The molecule has 0 aromatic carbocycles. The summed E-state index contributed by atoms with van der Waals surface area (Å²) in [5, 5.41) is 6.05. The van der Waals surface area contributed by atoms with Gasteiger partial charge in [-0.15, -0.1) is 0 Å². The molecule has 1 saturated heterocycles. The van der Waals surface area contributed by atoms with E-state index in [1.807, 2.05) is 0 Å². The molecule has 0 saturated carbocycles.